The topological polar surface area (TPSA) is 100 Å². The highest BCUT2D eigenvalue weighted by atomic mass is 35.5. The molecular weight excluding hydrogens is 540 g/mol. The summed E-state index contributed by atoms with van der Waals surface area (Å²) < 4.78 is 17.9. The number of ether oxygens (including phenoxy) is 2. The van der Waals surface area contributed by atoms with Gasteiger partial charge in [-0.3, -0.25) is 9.36 Å². The number of hydrogen-bond donors (Lipinski definition) is 0. The maximum Gasteiger partial charge on any atom is 0.338 e. The van der Waals surface area contributed by atoms with Gasteiger partial charge in [0.1, 0.15) is 11.5 Å². The number of rotatable bonds is 6. The number of esters is 2. The van der Waals surface area contributed by atoms with Gasteiger partial charge in [-0.2, -0.15) is 0 Å². The number of benzene rings is 2. The van der Waals surface area contributed by atoms with Crippen molar-refractivity contribution in [3.63, 3.8) is 0 Å². The number of methoxy groups -OCH3 is 1. The van der Waals surface area contributed by atoms with Crippen LogP contribution in [-0.2, 0) is 14.3 Å². The van der Waals surface area contributed by atoms with Crippen LogP contribution in [-0.4, -0.2) is 30.2 Å². The van der Waals surface area contributed by atoms with Gasteiger partial charge in [0.25, 0.3) is 5.56 Å². The fraction of sp³-hybridized carbons (Fsp3) is 0.172. The Morgan fingerprint density at radius 2 is 1.79 bits per heavy atom. The van der Waals surface area contributed by atoms with Crippen LogP contribution < -0.4 is 14.9 Å². The number of hydrogen-bond acceptors (Lipinski definition) is 8. The fourth-order valence-corrected chi connectivity index (χ4v) is 5.51. The van der Waals surface area contributed by atoms with Crippen molar-refractivity contribution in [2.75, 3.05) is 13.7 Å². The Bertz CT molecular complexity index is 1780. The van der Waals surface area contributed by atoms with Crippen molar-refractivity contribution in [3.05, 3.63) is 114 Å². The lowest BCUT2D eigenvalue weighted by Crippen LogP contribution is -2.39. The van der Waals surface area contributed by atoms with Crippen molar-refractivity contribution >= 4 is 41.0 Å². The SMILES string of the molecule is CCOC(=O)C1=C(C)N=c2s/c(=C\c3ccc(-c4ccc(C(=O)OC)cc4)o3)c(=O)n2[C@H]1c1ccc(Cl)cc1. The van der Waals surface area contributed by atoms with Gasteiger partial charge in [-0.1, -0.05) is 47.2 Å². The third-order valence-electron chi connectivity index (χ3n) is 6.19. The molecule has 4 aromatic rings. The van der Waals surface area contributed by atoms with Gasteiger partial charge in [0.2, 0.25) is 0 Å². The van der Waals surface area contributed by atoms with Crippen LogP contribution in [0.3, 0.4) is 0 Å². The predicted molar refractivity (Wildman–Crippen MR) is 147 cm³/mol. The molecule has 0 saturated heterocycles. The molecule has 39 heavy (non-hydrogen) atoms. The lowest BCUT2D eigenvalue weighted by atomic mass is 9.96. The molecule has 3 heterocycles. The Balaban J connectivity index is 1.57. The number of carbonyl (C=O) groups excluding carboxylic acids is 2. The van der Waals surface area contributed by atoms with E-state index in [-0.39, 0.29) is 12.2 Å². The second-order valence-electron chi connectivity index (χ2n) is 8.62. The third kappa shape index (κ3) is 5.10. The molecule has 2 aromatic carbocycles. The summed E-state index contributed by atoms with van der Waals surface area (Å²) in [5, 5.41) is 0.540. The van der Waals surface area contributed by atoms with Crippen molar-refractivity contribution in [3.8, 4) is 11.3 Å². The summed E-state index contributed by atoms with van der Waals surface area (Å²) in [5.41, 5.74) is 2.38. The fourth-order valence-electron chi connectivity index (χ4n) is 4.36. The highest BCUT2D eigenvalue weighted by Gasteiger charge is 2.33. The van der Waals surface area contributed by atoms with Gasteiger partial charge in [0.05, 0.1) is 41.1 Å². The van der Waals surface area contributed by atoms with Crippen molar-refractivity contribution in [1.82, 2.24) is 4.57 Å². The van der Waals surface area contributed by atoms with Gasteiger partial charge >= 0.3 is 11.9 Å². The Morgan fingerprint density at radius 3 is 2.46 bits per heavy atom. The van der Waals surface area contributed by atoms with E-state index in [1.165, 1.54) is 23.0 Å². The molecule has 1 atom stereocenters. The van der Waals surface area contributed by atoms with Crippen LogP contribution in [0.1, 0.15) is 41.6 Å². The first-order valence-corrected chi connectivity index (χ1v) is 13.2. The molecule has 0 fully saturated rings. The maximum atomic E-state index is 13.7. The minimum Gasteiger partial charge on any atom is -0.465 e. The summed E-state index contributed by atoms with van der Waals surface area (Å²) in [6.45, 7) is 3.65. The average molecular weight is 563 g/mol. The molecule has 0 saturated carbocycles. The first kappa shape index (κ1) is 26.4. The number of halogens is 1. The molecule has 5 rings (SSSR count). The van der Waals surface area contributed by atoms with E-state index >= 15 is 0 Å². The largest absolute Gasteiger partial charge is 0.465 e. The lowest BCUT2D eigenvalue weighted by molar-refractivity contribution is -0.139. The summed E-state index contributed by atoms with van der Waals surface area (Å²) in [5.74, 6) is 0.0961. The molecule has 0 unspecified atom stereocenters. The highest BCUT2D eigenvalue weighted by Crippen LogP contribution is 2.31. The molecule has 2 aromatic heterocycles. The normalized spacial score (nSPS) is 15.1. The molecule has 1 aliphatic rings. The van der Waals surface area contributed by atoms with E-state index in [0.717, 1.165) is 5.56 Å². The molecule has 0 radical (unpaired) electrons. The van der Waals surface area contributed by atoms with E-state index in [1.54, 1.807) is 80.6 Å². The Hall–Kier alpha value is -4.21. The second-order valence-corrected chi connectivity index (χ2v) is 10.1. The van der Waals surface area contributed by atoms with Crippen LogP contribution in [0, 0.1) is 0 Å². The molecule has 0 bridgehead atoms. The van der Waals surface area contributed by atoms with E-state index in [0.29, 0.717) is 48.3 Å². The predicted octanol–water partition coefficient (Wildman–Crippen LogP) is 4.50. The number of nitrogens with zero attached hydrogens (tertiary/aromatic N) is 2. The Labute approximate surface area is 232 Å². The van der Waals surface area contributed by atoms with Gasteiger partial charge < -0.3 is 13.9 Å². The van der Waals surface area contributed by atoms with Gasteiger partial charge in [0, 0.05) is 16.7 Å². The molecule has 0 spiro atoms. The van der Waals surface area contributed by atoms with Crippen LogP contribution in [0.5, 0.6) is 0 Å². The van der Waals surface area contributed by atoms with Crippen molar-refractivity contribution in [1.29, 1.82) is 0 Å². The number of furan rings is 1. The van der Waals surface area contributed by atoms with E-state index in [4.69, 9.17) is 25.5 Å². The van der Waals surface area contributed by atoms with Gasteiger partial charge in [-0.15, -0.1) is 0 Å². The number of carbonyl (C=O) groups is 2. The molecular formula is C29H23ClN2O6S. The maximum absolute atomic E-state index is 13.7. The van der Waals surface area contributed by atoms with Crippen molar-refractivity contribution < 1.29 is 23.5 Å². The molecule has 8 nitrogen and oxygen atoms in total. The smallest absolute Gasteiger partial charge is 0.338 e. The molecule has 198 valence electrons. The molecule has 0 amide bonds. The first-order chi connectivity index (χ1) is 18.8. The van der Waals surface area contributed by atoms with Crippen LogP contribution >= 0.6 is 22.9 Å². The van der Waals surface area contributed by atoms with E-state index in [1.807, 2.05) is 0 Å². The summed E-state index contributed by atoms with van der Waals surface area (Å²) in [6, 6.07) is 16.6. The van der Waals surface area contributed by atoms with E-state index in [9.17, 15) is 14.4 Å². The summed E-state index contributed by atoms with van der Waals surface area (Å²) in [6.07, 6.45) is 1.65. The number of thiazole rings is 1. The summed E-state index contributed by atoms with van der Waals surface area (Å²) in [4.78, 5) is 43.4. The summed E-state index contributed by atoms with van der Waals surface area (Å²) in [7, 11) is 1.33. The van der Waals surface area contributed by atoms with Gasteiger partial charge in [-0.05, 0) is 55.8 Å². The molecule has 0 N–H and O–H groups in total. The zero-order chi connectivity index (χ0) is 27.7. The van der Waals surface area contributed by atoms with E-state index in [2.05, 4.69) is 4.99 Å². The number of fused-ring (bicyclic) bond motifs is 1. The minimum absolute atomic E-state index is 0.194. The standard InChI is InChI=1S/C29H23ClN2O6S/c1-4-37-28(35)24-16(2)31-29-32(25(24)18-9-11-20(30)12-10-18)26(33)23(39-29)15-21-13-14-22(38-21)17-5-7-19(8-6-17)27(34)36-3/h5-15,25H,4H2,1-3H3/b23-15-/t25-/m0/s1. The van der Waals surface area contributed by atoms with Crippen LogP contribution in [0.15, 0.2) is 86.1 Å². The summed E-state index contributed by atoms with van der Waals surface area (Å²) >= 11 is 7.31. The monoisotopic (exact) mass is 562 g/mol. The second kappa shape index (κ2) is 10.9. The zero-order valence-corrected chi connectivity index (χ0v) is 22.8. The number of allylic oxidation sites excluding steroid dienone is 1. The molecule has 1 aliphatic heterocycles. The van der Waals surface area contributed by atoms with Gasteiger partial charge in [0.15, 0.2) is 4.80 Å². The zero-order valence-electron chi connectivity index (χ0n) is 21.3. The first-order valence-electron chi connectivity index (χ1n) is 12.0. The molecule has 0 aliphatic carbocycles. The van der Waals surface area contributed by atoms with E-state index < -0.39 is 18.0 Å². The minimum atomic E-state index is -0.722. The van der Waals surface area contributed by atoms with Crippen molar-refractivity contribution in [2.45, 2.75) is 19.9 Å². The number of aromatic nitrogens is 1. The van der Waals surface area contributed by atoms with Crippen LogP contribution in [0.25, 0.3) is 17.4 Å². The lowest BCUT2D eigenvalue weighted by Gasteiger charge is -2.24. The molecule has 10 heteroatoms. The Morgan fingerprint density at radius 1 is 1.08 bits per heavy atom. The van der Waals surface area contributed by atoms with Crippen LogP contribution in [0.2, 0.25) is 5.02 Å². The highest BCUT2D eigenvalue weighted by molar-refractivity contribution is 7.07. The van der Waals surface area contributed by atoms with Crippen molar-refractivity contribution in [2.24, 2.45) is 4.99 Å². The Kier molecular flexibility index (Phi) is 7.36. The third-order valence-corrected chi connectivity index (χ3v) is 7.43. The van der Waals surface area contributed by atoms with Gasteiger partial charge in [-0.25, -0.2) is 14.6 Å². The average Bonchev–Trinajstić information content (AvgIpc) is 3.52. The van der Waals surface area contributed by atoms with Crippen LogP contribution in [0.4, 0.5) is 0 Å². The quantitative estimate of drug-likeness (QED) is 0.321.